The van der Waals surface area contributed by atoms with E-state index in [2.05, 4.69) is 42.2 Å². The van der Waals surface area contributed by atoms with Crippen LogP contribution in [0.3, 0.4) is 0 Å². The highest BCUT2D eigenvalue weighted by Crippen LogP contribution is 2.22. The molecule has 0 saturated heterocycles. The van der Waals surface area contributed by atoms with Crippen molar-refractivity contribution in [1.29, 1.82) is 0 Å². The Morgan fingerprint density at radius 1 is 1.00 bits per heavy atom. The van der Waals surface area contributed by atoms with Gasteiger partial charge in [0.15, 0.2) is 0 Å². The number of hydrogen-bond acceptors (Lipinski definition) is 0. The molecule has 0 aliphatic heterocycles. The second-order valence-corrected chi connectivity index (χ2v) is 5.00. The molecule has 0 N–H and O–H groups in total. The van der Waals surface area contributed by atoms with E-state index >= 15 is 0 Å². The number of rotatable bonds is 3. The van der Waals surface area contributed by atoms with Crippen molar-refractivity contribution in [2.24, 2.45) is 5.92 Å². The van der Waals surface area contributed by atoms with E-state index in [-0.39, 0.29) is 0 Å². The third-order valence-corrected chi connectivity index (χ3v) is 3.52. The summed E-state index contributed by atoms with van der Waals surface area (Å²) in [4.78, 5) is 0. The van der Waals surface area contributed by atoms with Crippen LogP contribution in [0, 0.1) is 17.8 Å². The first kappa shape index (κ1) is 12.2. The lowest BCUT2D eigenvalue weighted by Crippen LogP contribution is -2.02. The van der Waals surface area contributed by atoms with Crippen LogP contribution in [0.1, 0.15) is 50.5 Å². The number of benzene rings is 1. The van der Waals surface area contributed by atoms with Crippen LogP contribution in [0.15, 0.2) is 30.3 Å². The largest absolute Gasteiger partial charge is 0.103 e. The summed E-state index contributed by atoms with van der Waals surface area (Å²) in [5.41, 5.74) is 1.44. The van der Waals surface area contributed by atoms with E-state index in [1.807, 2.05) is 0 Å². The van der Waals surface area contributed by atoms with Crippen molar-refractivity contribution in [2.75, 3.05) is 0 Å². The Kier molecular flexibility index (Phi) is 5.17. The van der Waals surface area contributed by atoms with Gasteiger partial charge in [0.1, 0.15) is 0 Å². The molecular formula is C17H22. The summed E-state index contributed by atoms with van der Waals surface area (Å²) in [6.07, 6.45) is 10.3. The summed E-state index contributed by atoms with van der Waals surface area (Å²) < 4.78 is 0. The molecule has 0 radical (unpaired) electrons. The lowest BCUT2D eigenvalue weighted by Gasteiger charge is -2.15. The Hall–Kier alpha value is -1.22. The lowest BCUT2D eigenvalue weighted by atomic mass is 9.90. The predicted octanol–water partition coefficient (Wildman–Crippen LogP) is 4.59. The fourth-order valence-electron chi connectivity index (χ4n) is 2.49. The van der Waals surface area contributed by atoms with Crippen LogP contribution in [0.5, 0.6) is 0 Å². The van der Waals surface area contributed by atoms with Gasteiger partial charge in [0.2, 0.25) is 0 Å². The summed E-state index contributed by atoms with van der Waals surface area (Å²) in [5.74, 6) is 7.54. The molecule has 1 fully saturated rings. The molecule has 0 spiro atoms. The molecule has 17 heavy (non-hydrogen) atoms. The van der Waals surface area contributed by atoms with E-state index in [1.54, 1.807) is 0 Å². The second-order valence-electron chi connectivity index (χ2n) is 5.00. The molecule has 0 bridgehead atoms. The normalized spacial score (nSPS) is 16.2. The van der Waals surface area contributed by atoms with E-state index in [1.165, 1.54) is 50.5 Å². The molecule has 1 saturated carbocycles. The van der Waals surface area contributed by atoms with Crippen LogP contribution in [-0.2, 0) is 6.42 Å². The molecule has 90 valence electrons. The zero-order valence-electron chi connectivity index (χ0n) is 10.6. The van der Waals surface area contributed by atoms with E-state index in [0.717, 1.165) is 6.42 Å². The van der Waals surface area contributed by atoms with Gasteiger partial charge in [0.05, 0.1) is 0 Å². The fourth-order valence-corrected chi connectivity index (χ4v) is 2.49. The van der Waals surface area contributed by atoms with Crippen molar-refractivity contribution in [1.82, 2.24) is 0 Å². The van der Waals surface area contributed by atoms with Gasteiger partial charge >= 0.3 is 0 Å². The molecule has 0 nitrogen and oxygen atoms in total. The Bertz CT molecular complexity index is 360. The van der Waals surface area contributed by atoms with Crippen LogP contribution in [0.2, 0.25) is 0 Å². The third-order valence-electron chi connectivity index (χ3n) is 3.52. The van der Waals surface area contributed by atoms with Crippen LogP contribution in [0.25, 0.3) is 0 Å². The zero-order chi connectivity index (χ0) is 11.8. The van der Waals surface area contributed by atoms with Gasteiger partial charge in [-0.15, -0.1) is 5.92 Å². The van der Waals surface area contributed by atoms with E-state index in [0.29, 0.717) is 5.92 Å². The van der Waals surface area contributed by atoms with E-state index in [4.69, 9.17) is 0 Å². The average Bonchev–Trinajstić information content (AvgIpc) is 2.41. The maximum Gasteiger partial charge on any atom is 0.0202 e. The number of hydrogen-bond donors (Lipinski definition) is 0. The van der Waals surface area contributed by atoms with Crippen molar-refractivity contribution in [3.05, 3.63) is 35.9 Å². The third kappa shape index (κ3) is 4.65. The minimum absolute atomic E-state index is 0.709. The molecule has 0 unspecified atom stereocenters. The number of aryl methyl sites for hydroxylation is 1. The Morgan fingerprint density at radius 3 is 2.53 bits per heavy atom. The standard InChI is InChI=1S/C17H22/c1-4-10-16(11-5-1)14-8-3-9-15-17-12-6-2-7-13-17/h1,4-5,10-11,17H,2-3,6-8,12-14H2. The monoisotopic (exact) mass is 226 g/mol. The molecule has 0 amide bonds. The molecule has 1 aromatic rings. The summed E-state index contributed by atoms with van der Waals surface area (Å²) >= 11 is 0. The first-order valence-electron chi connectivity index (χ1n) is 6.97. The van der Waals surface area contributed by atoms with Gasteiger partial charge in [-0.2, -0.15) is 0 Å². The Balaban J connectivity index is 1.64. The predicted molar refractivity (Wildman–Crippen MR) is 73.7 cm³/mol. The second kappa shape index (κ2) is 7.17. The fraction of sp³-hybridized carbons (Fsp3) is 0.529. The lowest BCUT2D eigenvalue weighted by molar-refractivity contribution is 0.430. The maximum absolute atomic E-state index is 3.46. The minimum Gasteiger partial charge on any atom is -0.103 e. The summed E-state index contributed by atoms with van der Waals surface area (Å²) in [6, 6.07) is 10.7. The Morgan fingerprint density at radius 2 is 1.76 bits per heavy atom. The van der Waals surface area contributed by atoms with Crippen molar-refractivity contribution in [3.63, 3.8) is 0 Å². The van der Waals surface area contributed by atoms with Gasteiger partial charge < -0.3 is 0 Å². The highest BCUT2D eigenvalue weighted by Gasteiger charge is 2.09. The minimum atomic E-state index is 0.709. The summed E-state index contributed by atoms with van der Waals surface area (Å²) in [7, 11) is 0. The molecule has 0 aromatic heterocycles. The summed E-state index contributed by atoms with van der Waals surface area (Å²) in [5, 5.41) is 0. The molecule has 0 atom stereocenters. The van der Waals surface area contributed by atoms with Crippen LogP contribution in [0.4, 0.5) is 0 Å². The topological polar surface area (TPSA) is 0 Å². The molecule has 2 rings (SSSR count). The van der Waals surface area contributed by atoms with Gasteiger partial charge in [-0.3, -0.25) is 0 Å². The molecule has 1 aliphatic carbocycles. The molecular weight excluding hydrogens is 204 g/mol. The van der Waals surface area contributed by atoms with Crippen LogP contribution < -0.4 is 0 Å². The highest BCUT2D eigenvalue weighted by molar-refractivity contribution is 5.15. The van der Waals surface area contributed by atoms with Gasteiger partial charge in [-0.25, -0.2) is 0 Å². The maximum atomic E-state index is 3.46. The highest BCUT2D eigenvalue weighted by atomic mass is 14.1. The van der Waals surface area contributed by atoms with Gasteiger partial charge in [-0.1, -0.05) is 55.5 Å². The SMILES string of the molecule is C(#CC1CCCCC1)CCCc1ccccc1. The zero-order valence-corrected chi connectivity index (χ0v) is 10.6. The molecule has 1 aliphatic rings. The number of unbranched alkanes of at least 4 members (excludes halogenated alkanes) is 1. The van der Waals surface area contributed by atoms with Crippen molar-refractivity contribution < 1.29 is 0 Å². The molecule has 1 aromatic carbocycles. The quantitative estimate of drug-likeness (QED) is 0.522. The van der Waals surface area contributed by atoms with Crippen LogP contribution in [-0.4, -0.2) is 0 Å². The van der Waals surface area contributed by atoms with E-state index in [9.17, 15) is 0 Å². The van der Waals surface area contributed by atoms with Crippen LogP contribution >= 0.6 is 0 Å². The first-order chi connectivity index (χ1) is 8.45. The van der Waals surface area contributed by atoms with E-state index < -0.39 is 0 Å². The van der Waals surface area contributed by atoms with Crippen molar-refractivity contribution in [3.8, 4) is 11.8 Å². The van der Waals surface area contributed by atoms with Crippen molar-refractivity contribution in [2.45, 2.75) is 51.4 Å². The Labute approximate surface area is 105 Å². The summed E-state index contributed by atoms with van der Waals surface area (Å²) in [6.45, 7) is 0. The van der Waals surface area contributed by atoms with Gasteiger partial charge in [0.25, 0.3) is 0 Å². The smallest absolute Gasteiger partial charge is 0.0202 e. The average molecular weight is 226 g/mol. The molecule has 0 heterocycles. The van der Waals surface area contributed by atoms with Gasteiger partial charge in [-0.05, 0) is 31.2 Å². The van der Waals surface area contributed by atoms with Gasteiger partial charge in [0, 0.05) is 12.3 Å². The first-order valence-corrected chi connectivity index (χ1v) is 6.97. The van der Waals surface area contributed by atoms with Crippen molar-refractivity contribution >= 4 is 0 Å². The molecule has 0 heteroatoms.